The third-order valence-corrected chi connectivity index (χ3v) is 3.36. The average Bonchev–Trinajstić information content (AvgIpc) is 2.99. The van der Waals surface area contributed by atoms with Crippen LogP contribution in [0.4, 0.5) is 0 Å². The van der Waals surface area contributed by atoms with Gasteiger partial charge >= 0.3 is 0 Å². The van der Waals surface area contributed by atoms with Crippen molar-refractivity contribution in [3.05, 3.63) is 78.4 Å². The maximum atomic E-state index is 5.96. The molecule has 0 aliphatic heterocycles. The van der Waals surface area contributed by atoms with E-state index in [-0.39, 0.29) is 5.92 Å². The van der Waals surface area contributed by atoms with Gasteiger partial charge in [0.1, 0.15) is 12.2 Å². The molecule has 20 heavy (non-hydrogen) atoms. The summed E-state index contributed by atoms with van der Waals surface area (Å²) in [5.74, 6) is 0.906. The van der Waals surface area contributed by atoms with E-state index in [0.29, 0.717) is 6.54 Å². The highest BCUT2D eigenvalue weighted by atomic mass is 15.3. The molecule has 0 amide bonds. The lowest BCUT2D eigenvalue weighted by Crippen LogP contribution is -2.18. The molecule has 0 bridgehead atoms. The molecule has 100 valence electrons. The normalized spacial score (nSPS) is 12.2. The quantitative estimate of drug-likeness (QED) is 0.787. The molecule has 0 aliphatic carbocycles. The third-order valence-electron chi connectivity index (χ3n) is 3.36. The molecule has 0 spiro atoms. The number of aromatic nitrogens is 3. The maximum absolute atomic E-state index is 5.96. The summed E-state index contributed by atoms with van der Waals surface area (Å²) < 4.78 is 1.99. The van der Waals surface area contributed by atoms with Crippen molar-refractivity contribution in [2.45, 2.75) is 5.92 Å². The molecule has 1 atom stereocenters. The van der Waals surface area contributed by atoms with E-state index >= 15 is 0 Å². The number of nitrogens with zero attached hydrogens (tertiary/aromatic N) is 3. The Morgan fingerprint density at radius 1 is 0.950 bits per heavy atom. The molecule has 4 heteroatoms. The van der Waals surface area contributed by atoms with E-state index in [1.807, 2.05) is 53.1 Å². The first-order chi connectivity index (χ1) is 9.90. The zero-order valence-corrected chi connectivity index (χ0v) is 11.1. The van der Waals surface area contributed by atoms with E-state index < -0.39 is 0 Å². The van der Waals surface area contributed by atoms with Crippen LogP contribution in [-0.2, 0) is 0 Å². The van der Waals surface area contributed by atoms with E-state index in [4.69, 9.17) is 5.73 Å². The summed E-state index contributed by atoms with van der Waals surface area (Å²) in [6.45, 7) is 0.496. The third kappa shape index (κ3) is 2.33. The number of hydrogen-bond acceptors (Lipinski definition) is 3. The number of hydrogen-bond donors (Lipinski definition) is 1. The van der Waals surface area contributed by atoms with E-state index in [1.165, 1.54) is 0 Å². The van der Waals surface area contributed by atoms with Crippen molar-refractivity contribution in [1.29, 1.82) is 0 Å². The summed E-state index contributed by atoms with van der Waals surface area (Å²) in [5.41, 5.74) is 8.16. The predicted molar refractivity (Wildman–Crippen MR) is 78.7 cm³/mol. The zero-order valence-electron chi connectivity index (χ0n) is 11.1. The Labute approximate surface area is 117 Å². The first-order valence-electron chi connectivity index (χ1n) is 6.60. The molecule has 2 aromatic carbocycles. The second-order valence-electron chi connectivity index (χ2n) is 4.59. The number of benzene rings is 2. The summed E-state index contributed by atoms with van der Waals surface area (Å²) in [7, 11) is 0. The highest BCUT2D eigenvalue weighted by Gasteiger charge is 2.19. The van der Waals surface area contributed by atoms with E-state index in [0.717, 1.165) is 17.1 Å². The lowest BCUT2D eigenvalue weighted by molar-refractivity contribution is 0.727. The van der Waals surface area contributed by atoms with Crippen LogP contribution in [0.5, 0.6) is 0 Å². The van der Waals surface area contributed by atoms with Gasteiger partial charge in [-0.1, -0.05) is 48.5 Å². The number of rotatable bonds is 4. The van der Waals surface area contributed by atoms with Crippen LogP contribution in [-0.4, -0.2) is 21.3 Å². The Balaban J connectivity index is 2.04. The fourth-order valence-electron chi connectivity index (χ4n) is 2.34. The Hall–Kier alpha value is -2.46. The predicted octanol–water partition coefficient (Wildman–Crippen LogP) is 2.36. The standard InChI is InChI=1S/C16H16N4/c17-11-15(13-7-3-1-4-8-13)16-19-18-12-20(16)14-9-5-2-6-10-14/h1-10,12,15H,11,17H2. The molecule has 0 saturated heterocycles. The monoisotopic (exact) mass is 264 g/mol. The second kappa shape index (κ2) is 5.67. The molecule has 1 unspecified atom stereocenters. The van der Waals surface area contributed by atoms with Gasteiger partial charge in [0.25, 0.3) is 0 Å². The minimum atomic E-state index is 0.0407. The van der Waals surface area contributed by atoms with Gasteiger partial charge in [-0.15, -0.1) is 10.2 Å². The van der Waals surface area contributed by atoms with Gasteiger partial charge in [-0.3, -0.25) is 4.57 Å². The molecule has 2 N–H and O–H groups in total. The smallest absolute Gasteiger partial charge is 0.146 e. The summed E-state index contributed by atoms with van der Waals surface area (Å²) in [5, 5.41) is 8.32. The molecule has 1 heterocycles. The number of para-hydroxylation sites is 1. The Morgan fingerprint density at radius 2 is 1.60 bits per heavy atom. The van der Waals surface area contributed by atoms with Crippen LogP contribution in [0.15, 0.2) is 67.0 Å². The maximum Gasteiger partial charge on any atom is 0.146 e. The molecular weight excluding hydrogens is 248 g/mol. The van der Waals surface area contributed by atoms with Gasteiger partial charge in [0, 0.05) is 12.2 Å². The van der Waals surface area contributed by atoms with Crippen molar-refractivity contribution in [3.8, 4) is 5.69 Å². The molecule has 0 aliphatic rings. The van der Waals surface area contributed by atoms with Crippen molar-refractivity contribution in [2.24, 2.45) is 5.73 Å². The lowest BCUT2D eigenvalue weighted by atomic mass is 9.98. The van der Waals surface area contributed by atoms with Crippen molar-refractivity contribution in [2.75, 3.05) is 6.54 Å². The van der Waals surface area contributed by atoms with Gasteiger partial charge in [-0.25, -0.2) is 0 Å². The Bertz CT molecular complexity index is 661. The highest BCUT2D eigenvalue weighted by Crippen LogP contribution is 2.23. The first-order valence-corrected chi connectivity index (χ1v) is 6.60. The molecule has 3 aromatic rings. The van der Waals surface area contributed by atoms with Gasteiger partial charge < -0.3 is 5.73 Å². The number of nitrogens with two attached hydrogens (primary N) is 1. The van der Waals surface area contributed by atoms with Crippen molar-refractivity contribution in [1.82, 2.24) is 14.8 Å². The fraction of sp³-hybridized carbons (Fsp3) is 0.125. The van der Waals surface area contributed by atoms with Crippen LogP contribution >= 0.6 is 0 Å². The van der Waals surface area contributed by atoms with Gasteiger partial charge in [0.05, 0.1) is 5.92 Å². The zero-order chi connectivity index (χ0) is 13.8. The minimum absolute atomic E-state index is 0.0407. The van der Waals surface area contributed by atoms with Crippen LogP contribution < -0.4 is 5.73 Å². The Morgan fingerprint density at radius 3 is 2.25 bits per heavy atom. The van der Waals surface area contributed by atoms with E-state index in [2.05, 4.69) is 22.3 Å². The van der Waals surface area contributed by atoms with Crippen molar-refractivity contribution < 1.29 is 0 Å². The lowest BCUT2D eigenvalue weighted by Gasteiger charge is -2.16. The van der Waals surface area contributed by atoms with Crippen LogP contribution in [0.3, 0.4) is 0 Å². The minimum Gasteiger partial charge on any atom is -0.329 e. The van der Waals surface area contributed by atoms with Crippen LogP contribution in [0.25, 0.3) is 5.69 Å². The van der Waals surface area contributed by atoms with Gasteiger partial charge in [-0.05, 0) is 17.7 Å². The van der Waals surface area contributed by atoms with Crippen molar-refractivity contribution >= 4 is 0 Å². The average molecular weight is 264 g/mol. The molecule has 1 aromatic heterocycles. The van der Waals surface area contributed by atoms with E-state index in [1.54, 1.807) is 6.33 Å². The largest absolute Gasteiger partial charge is 0.329 e. The molecule has 0 saturated carbocycles. The highest BCUT2D eigenvalue weighted by molar-refractivity contribution is 5.35. The van der Waals surface area contributed by atoms with Gasteiger partial charge in [0.15, 0.2) is 0 Å². The summed E-state index contributed by atoms with van der Waals surface area (Å²) in [6.07, 6.45) is 1.73. The molecular formula is C16H16N4. The SMILES string of the molecule is NCC(c1ccccc1)c1nncn1-c1ccccc1. The molecule has 0 radical (unpaired) electrons. The van der Waals surface area contributed by atoms with Crippen LogP contribution in [0.1, 0.15) is 17.3 Å². The topological polar surface area (TPSA) is 56.7 Å². The van der Waals surface area contributed by atoms with Gasteiger partial charge in [0.2, 0.25) is 0 Å². The fourth-order valence-corrected chi connectivity index (χ4v) is 2.34. The molecule has 0 fully saturated rings. The molecule has 3 rings (SSSR count). The van der Waals surface area contributed by atoms with Crippen LogP contribution in [0.2, 0.25) is 0 Å². The molecule has 4 nitrogen and oxygen atoms in total. The van der Waals surface area contributed by atoms with Crippen LogP contribution in [0, 0.1) is 0 Å². The van der Waals surface area contributed by atoms with Gasteiger partial charge in [-0.2, -0.15) is 0 Å². The Kier molecular flexibility index (Phi) is 3.56. The first kappa shape index (κ1) is 12.6. The summed E-state index contributed by atoms with van der Waals surface area (Å²) >= 11 is 0. The van der Waals surface area contributed by atoms with E-state index in [9.17, 15) is 0 Å². The summed E-state index contributed by atoms with van der Waals surface area (Å²) in [4.78, 5) is 0. The second-order valence-corrected chi connectivity index (χ2v) is 4.59. The summed E-state index contributed by atoms with van der Waals surface area (Å²) in [6, 6.07) is 20.2. The van der Waals surface area contributed by atoms with Crippen molar-refractivity contribution in [3.63, 3.8) is 0 Å².